The van der Waals surface area contributed by atoms with E-state index in [1.165, 1.54) is 0 Å². The number of amides is 1. The van der Waals surface area contributed by atoms with E-state index in [0.29, 0.717) is 18.0 Å². The number of pyridine rings is 1. The summed E-state index contributed by atoms with van der Waals surface area (Å²) in [4.78, 5) is 18.0. The van der Waals surface area contributed by atoms with Crippen molar-refractivity contribution in [1.29, 1.82) is 0 Å². The lowest BCUT2D eigenvalue weighted by molar-refractivity contribution is 0.0954. The molecule has 2 heterocycles. The average molecular weight is 407 g/mol. The topological polar surface area (TPSA) is 80.0 Å². The number of rotatable bonds is 6. The summed E-state index contributed by atoms with van der Waals surface area (Å²) in [7, 11) is 0. The predicted molar refractivity (Wildman–Crippen MR) is 118 cm³/mol. The zero-order valence-corrected chi connectivity index (χ0v) is 18.2. The number of aromatic nitrogens is 3. The number of hydrogen-bond donors (Lipinski definition) is 2. The molecule has 2 aromatic heterocycles. The van der Waals surface area contributed by atoms with Crippen LogP contribution < -0.4 is 5.32 Å². The molecule has 1 aliphatic carbocycles. The van der Waals surface area contributed by atoms with Gasteiger partial charge in [-0.25, -0.2) is 9.67 Å². The van der Waals surface area contributed by atoms with Crippen LogP contribution in [0, 0.1) is 6.92 Å². The van der Waals surface area contributed by atoms with Crippen molar-refractivity contribution < 1.29 is 9.90 Å². The molecule has 0 spiro atoms. The molecule has 6 heteroatoms. The summed E-state index contributed by atoms with van der Waals surface area (Å²) in [6.07, 6.45) is 3.95. The number of carbonyl (C=O) groups is 1. The molecule has 2 N–H and O–H groups in total. The van der Waals surface area contributed by atoms with Crippen LogP contribution in [0.1, 0.15) is 73.3 Å². The molecule has 4 rings (SSSR count). The van der Waals surface area contributed by atoms with Crippen molar-refractivity contribution in [3.63, 3.8) is 0 Å². The van der Waals surface area contributed by atoms with Crippen LogP contribution in [0.2, 0.25) is 0 Å². The molecule has 0 aliphatic heterocycles. The van der Waals surface area contributed by atoms with Crippen molar-refractivity contribution in [1.82, 2.24) is 20.1 Å². The molecule has 1 aromatic carbocycles. The molecular formula is C24H30N4O2. The van der Waals surface area contributed by atoms with Gasteiger partial charge < -0.3 is 10.4 Å². The van der Waals surface area contributed by atoms with Gasteiger partial charge in [-0.05, 0) is 77.1 Å². The quantitative estimate of drug-likeness (QED) is 0.593. The van der Waals surface area contributed by atoms with E-state index in [2.05, 4.69) is 26.1 Å². The van der Waals surface area contributed by atoms with Gasteiger partial charge in [0.2, 0.25) is 0 Å². The van der Waals surface area contributed by atoms with E-state index in [0.717, 1.165) is 53.7 Å². The number of fused-ring (bicyclic) bond motifs is 1. The Kier molecular flexibility index (Phi) is 5.26. The highest BCUT2D eigenvalue weighted by Crippen LogP contribution is 2.41. The molecule has 1 amide bonds. The second kappa shape index (κ2) is 7.74. The van der Waals surface area contributed by atoms with Crippen molar-refractivity contribution in [3.05, 3.63) is 52.8 Å². The SMILES string of the molecule is Cc1nn(C(C)(C)C)c2nc(C3CC3)cc(C(=O)NCCCc3ccc(O)cc3)c12. The van der Waals surface area contributed by atoms with Crippen LogP contribution in [0.4, 0.5) is 0 Å². The fourth-order valence-electron chi connectivity index (χ4n) is 3.80. The highest BCUT2D eigenvalue weighted by atomic mass is 16.3. The largest absolute Gasteiger partial charge is 0.508 e. The third kappa shape index (κ3) is 4.18. The monoisotopic (exact) mass is 406 g/mol. The normalized spacial score (nSPS) is 14.3. The zero-order chi connectivity index (χ0) is 21.5. The number of phenols is 1. The predicted octanol–water partition coefficient (Wildman–Crippen LogP) is 4.44. The minimum Gasteiger partial charge on any atom is -0.508 e. The van der Waals surface area contributed by atoms with Gasteiger partial charge in [0, 0.05) is 18.2 Å². The molecule has 3 aromatic rings. The Balaban J connectivity index is 1.55. The summed E-state index contributed by atoms with van der Waals surface area (Å²) in [5.74, 6) is 0.664. The van der Waals surface area contributed by atoms with Crippen LogP contribution in [0.3, 0.4) is 0 Å². The van der Waals surface area contributed by atoms with E-state index in [9.17, 15) is 9.90 Å². The van der Waals surface area contributed by atoms with E-state index in [-0.39, 0.29) is 17.2 Å². The van der Waals surface area contributed by atoms with Crippen molar-refractivity contribution >= 4 is 16.9 Å². The van der Waals surface area contributed by atoms with Gasteiger partial charge in [0.05, 0.1) is 22.2 Å². The number of carbonyl (C=O) groups excluding carboxylic acids is 1. The molecule has 30 heavy (non-hydrogen) atoms. The van der Waals surface area contributed by atoms with Gasteiger partial charge in [0.25, 0.3) is 5.91 Å². The van der Waals surface area contributed by atoms with E-state index in [1.807, 2.05) is 29.8 Å². The van der Waals surface area contributed by atoms with Crippen molar-refractivity contribution in [2.75, 3.05) is 6.54 Å². The van der Waals surface area contributed by atoms with E-state index < -0.39 is 0 Å². The lowest BCUT2D eigenvalue weighted by Gasteiger charge is -2.20. The first kappa shape index (κ1) is 20.4. The highest BCUT2D eigenvalue weighted by Gasteiger charge is 2.30. The van der Waals surface area contributed by atoms with Gasteiger partial charge >= 0.3 is 0 Å². The Morgan fingerprint density at radius 2 is 1.93 bits per heavy atom. The van der Waals surface area contributed by atoms with Crippen molar-refractivity contribution in [2.45, 2.75) is 64.8 Å². The third-order valence-corrected chi connectivity index (χ3v) is 5.57. The number of aryl methyl sites for hydroxylation is 2. The second-order valence-electron chi connectivity index (χ2n) is 9.26. The van der Waals surface area contributed by atoms with Gasteiger partial charge in [0.1, 0.15) is 5.75 Å². The van der Waals surface area contributed by atoms with Gasteiger partial charge in [-0.15, -0.1) is 0 Å². The lowest BCUT2D eigenvalue weighted by Crippen LogP contribution is -2.26. The van der Waals surface area contributed by atoms with E-state index >= 15 is 0 Å². The lowest BCUT2D eigenvalue weighted by atomic mass is 10.1. The van der Waals surface area contributed by atoms with Gasteiger partial charge in [0.15, 0.2) is 5.65 Å². The first-order chi connectivity index (χ1) is 14.2. The molecule has 0 radical (unpaired) electrons. The Bertz CT molecular complexity index is 1070. The van der Waals surface area contributed by atoms with Gasteiger partial charge in [-0.3, -0.25) is 4.79 Å². The van der Waals surface area contributed by atoms with Gasteiger partial charge in [-0.1, -0.05) is 12.1 Å². The third-order valence-electron chi connectivity index (χ3n) is 5.57. The Morgan fingerprint density at radius 1 is 1.23 bits per heavy atom. The first-order valence-electron chi connectivity index (χ1n) is 10.7. The maximum atomic E-state index is 13.1. The summed E-state index contributed by atoms with van der Waals surface area (Å²) >= 11 is 0. The highest BCUT2D eigenvalue weighted by molar-refractivity contribution is 6.06. The number of nitrogens with one attached hydrogen (secondary N) is 1. The maximum Gasteiger partial charge on any atom is 0.252 e. The van der Waals surface area contributed by atoms with Gasteiger partial charge in [-0.2, -0.15) is 5.10 Å². The standard InChI is InChI=1S/C24H30N4O2/c1-15-21-19(23(30)25-13-5-6-16-7-11-18(29)12-8-16)14-20(17-9-10-17)26-22(21)28(27-15)24(2,3)4/h7-8,11-12,14,17,29H,5-6,9-10,13H2,1-4H3,(H,25,30). The Labute approximate surface area is 177 Å². The molecule has 1 saturated carbocycles. The molecule has 0 saturated heterocycles. The maximum absolute atomic E-state index is 13.1. The van der Waals surface area contributed by atoms with Crippen LogP contribution in [-0.4, -0.2) is 32.3 Å². The minimum atomic E-state index is -0.209. The van der Waals surface area contributed by atoms with Crippen LogP contribution >= 0.6 is 0 Å². The Hall–Kier alpha value is -2.89. The fourth-order valence-corrected chi connectivity index (χ4v) is 3.80. The summed E-state index contributed by atoms with van der Waals surface area (Å²) in [6.45, 7) is 8.85. The van der Waals surface area contributed by atoms with Crippen molar-refractivity contribution in [3.8, 4) is 5.75 Å². The second-order valence-corrected chi connectivity index (χ2v) is 9.26. The fraction of sp³-hybridized carbons (Fsp3) is 0.458. The average Bonchev–Trinajstić information content (AvgIpc) is 3.49. The summed E-state index contributed by atoms with van der Waals surface area (Å²) in [6, 6.07) is 9.18. The summed E-state index contributed by atoms with van der Waals surface area (Å²) < 4.78 is 1.95. The van der Waals surface area contributed by atoms with E-state index in [4.69, 9.17) is 10.1 Å². The number of phenolic OH excluding ortho intramolecular Hbond substituents is 1. The molecule has 1 fully saturated rings. The molecule has 0 unspecified atom stereocenters. The smallest absolute Gasteiger partial charge is 0.252 e. The van der Waals surface area contributed by atoms with Crippen molar-refractivity contribution in [2.24, 2.45) is 0 Å². The minimum absolute atomic E-state index is 0.0634. The molecule has 0 bridgehead atoms. The van der Waals surface area contributed by atoms with Crippen LogP contribution in [-0.2, 0) is 12.0 Å². The number of benzene rings is 1. The van der Waals surface area contributed by atoms with Crippen LogP contribution in [0.5, 0.6) is 5.75 Å². The van der Waals surface area contributed by atoms with Crippen LogP contribution in [0.15, 0.2) is 30.3 Å². The first-order valence-corrected chi connectivity index (χ1v) is 10.7. The number of aromatic hydroxyl groups is 1. The summed E-state index contributed by atoms with van der Waals surface area (Å²) in [5.41, 5.74) is 4.26. The number of hydrogen-bond acceptors (Lipinski definition) is 4. The Morgan fingerprint density at radius 3 is 2.57 bits per heavy atom. The molecule has 1 aliphatic rings. The molecule has 6 nitrogen and oxygen atoms in total. The molecule has 0 atom stereocenters. The van der Waals surface area contributed by atoms with E-state index in [1.54, 1.807) is 12.1 Å². The summed E-state index contributed by atoms with van der Waals surface area (Å²) in [5, 5.41) is 18.0. The molecule has 158 valence electrons. The zero-order valence-electron chi connectivity index (χ0n) is 18.2. The van der Waals surface area contributed by atoms with Crippen LogP contribution in [0.25, 0.3) is 11.0 Å². The molecular weight excluding hydrogens is 376 g/mol. The number of nitrogens with zero attached hydrogens (tertiary/aromatic N) is 3.